The molecule has 0 N–H and O–H groups in total. The molecule has 1 fully saturated rings. The van der Waals surface area contributed by atoms with Crippen molar-refractivity contribution in [3.63, 3.8) is 0 Å². The number of thioether (sulfide) groups is 1. The largest absolute Gasteiger partial charge is 0.375 e. The maximum Gasteiger partial charge on any atom is 0.139 e. The molecule has 1 aliphatic heterocycles. The van der Waals surface area contributed by atoms with Crippen LogP contribution in [0.3, 0.4) is 0 Å². The minimum Gasteiger partial charge on any atom is -0.375 e. The Balaban J connectivity index is 1.51. The van der Waals surface area contributed by atoms with E-state index < -0.39 is 11.6 Å². The van der Waals surface area contributed by atoms with Crippen LogP contribution >= 0.6 is 23.4 Å². The molecule has 0 radical (unpaired) electrons. The molecular weight excluding hydrogens is 476 g/mol. The Kier molecular flexibility index (Phi) is 6.88. The summed E-state index contributed by atoms with van der Waals surface area (Å²) < 4.78 is 38.5. The van der Waals surface area contributed by atoms with Crippen LogP contribution in [0.15, 0.2) is 65.7 Å². The fourth-order valence-electron chi connectivity index (χ4n) is 4.27. The van der Waals surface area contributed by atoms with Gasteiger partial charge in [0.1, 0.15) is 17.3 Å². The Hall–Kier alpha value is -2.45. The van der Waals surface area contributed by atoms with E-state index in [1.165, 1.54) is 23.9 Å². The molecular formula is C26H24ClF2N3OS. The molecule has 0 bridgehead atoms. The average molecular weight is 500 g/mol. The number of likely N-dealkylation sites (N-methyl/N-ethyl adjacent to an activating group) is 1. The lowest BCUT2D eigenvalue weighted by atomic mass is 10.0. The number of rotatable bonds is 6. The molecule has 176 valence electrons. The van der Waals surface area contributed by atoms with E-state index in [0.29, 0.717) is 40.0 Å². The van der Waals surface area contributed by atoms with E-state index in [9.17, 15) is 0 Å². The Morgan fingerprint density at radius 1 is 1.12 bits per heavy atom. The van der Waals surface area contributed by atoms with Crippen molar-refractivity contribution < 1.29 is 13.5 Å². The summed E-state index contributed by atoms with van der Waals surface area (Å²) in [4.78, 5) is 7.32. The molecule has 0 saturated carbocycles. The van der Waals surface area contributed by atoms with Gasteiger partial charge < -0.3 is 14.0 Å². The summed E-state index contributed by atoms with van der Waals surface area (Å²) >= 11 is 7.57. The second-order valence-electron chi connectivity index (χ2n) is 8.48. The molecule has 1 saturated heterocycles. The van der Waals surface area contributed by atoms with Gasteiger partial charge in [-0.1, -0.05) is 41.9 Å². The van der Waals surface area contributed by atoms with Crippen molar-refractivity contribution in [2.45, 2.75) is 23.2 Å². The van der Waals surface area contributed by atoms with Crippen LogP contribution in [0.1, 0.15) is 11.3 Å². The molecule has 1 atom stereocenters. The number of nitrogens with zero attached hydrogens (tertiary/aromatic N) is 3. The van der Waals surface area contributed by atoms with Gasteiger partial charge in [-0.2, -0.15) is 0 Å². The summed E-state index contributed by atoms with van der Waals surface area (Å²) in [5.41, 5.74) is 2.50. The molecule has 3 heterocycles. The smallest absolute Gasteiger partial charge is 0.139 e. The average Bonchev–Trinajstić information content (AvgIpc) is 3.14. The highest BCUT2D eigenvalue weighted by molar-refractivity contribution is 7.98. The molecule has 5 rings (SSSR count). The third-order valence-corrected chi connectivity index (χ3v) is 7.23. The van der Waals surface area contributed by atoms with Crippen LogP contribution in [0.4, 0.5) is 8.78 Å². The van der Waals surface area contributed by atoms with Gasteiger partial charge in [0.25, 0.3) is 0 Å². The zero-order chi connectivity index (χ0) is 23.7. The van der Waals surface area contributed by atoms with Crippen LogP contribution < -0.4 is 0 Å². The Bertz CT molecular complexity index is 1290. The van der Waals surface area contributed by atoms with Crippen molar-refractivity contribution in [2.75, 3.05) is 26.7 Å². The predicted molar refractivity (Wildman–Crippen MR) is 132 cm³/mol. The van der Waals surface area contributed by atoms with E-state index in [1.807, 2.05) is 41.8 Å². The number of ether oxygens (including phenoxy) is 1. The fourth-order valence-corrected chi connectivity index (χ4v) is 5.33. The van der Waals surface area contributed by atoms with Crippen LogP contribution in [-0.4, -0.2) is 47.1 Å². The van der Waals surface area contributed by atoms with Crippen molar-refractivity contribution in [2.24, 2.45) is 0 Å². The molecule has 2 aromatic heterocycles. The van der Waals surface area contributed by atoms with E-state index in [0.717, 1.165) is 18.7 Å². The number of morpholine rings is 1. The molecule has 0 amide bonds. The normalized spacial score (nSPS) is 16.9. The molecule has 4 nitrogen and oxygen atoms in total. The first-order chi connectivity index (χ1) is 16.5. The van der Waals surface area contributed by atoms with Crippen molar-refractivity contribution in [3.05, 3.63) is 88.7 Å². The van der Waals surface area contributed by atoms with Gasteiger partial charge in [-0.25, -0.2) is 13.8 Å². The molecule has 4 aromatic rings. The van der Waals surface area contributed by atoms with E-state index in [4.69, 9.17) is 16.3 Å². The van der Waals surface area contributed by atoms with E-state index in [2.05, 4.69) is 9.88 Å². The molecule has 34 heavy (non-hydrogen) atoms. The standard InChI is InChI=1S/C26H24ClF2N3OS/c1-31-9-10-33-19(15-31)12-23-26(30-24-11-18(27)7-8-32(23)24)25-21(28)13-20(14-22(25)29)34-16-17-5-3-2-4-6-17/h2-8,11,13-14,19H,9-10,12,15-16H2,1H3. The van der Waals surface area contributed by atoms with Crippen LogP contribution in [0.5, 0.6) is 0 Å². The number of hydrogen-bond acceptors (Lipinski definition) is 4. The van der Waals surface area contributed by atoms with Gasteiger partial charge in [0.15, 0.2) is 0 Å². The van der Waals surface area contributed by atoms with Gasteiger partial charge >= 0.3 is 0 Å². The molecule has 0 aliphatic carbocycles. The molecule has 0 spiro atoms. The molecule has 8 heteroatoms. The summed E-state index contributed by atoms with van der Waals surface area (Å²) in [5, 5.41) is 0.512. The van der Waals surface area contributed by atoms with Gasteiger partial charge in [0.2, 0.25) is 0 Å². The second kappa shape index (κ2) is 10.0. The molecule has 2 aromatic carbocycles. The molecule has 1 unspecified atom stereocenters. The summed E-state index contributed by atoms with van der Waals surface area (Å²) in [7, 11) is 2.04. The number of pyridine rings is 1. The van der Waals surface area contributed by atoms with Crippen LogP contribution in [-0.2, 0) is 16.9 Å². The Morgan fingerprint density at radius 3 is 2.62 bits per heavy atom. The third-order valence-electron chi connectivity index (χ3n) is 5.95. The summed E-state index contributed by atoms with van der Waals surface area (Å²) in [5.74, 6) is -0.634. The fraction of sp³-hybridized carbons (Fsp3) is 0.269. The summed E-state index contributed by atoms with van der Waals surface area (Å²) in [6.45, 7) is 2.22. The van der Waals surface area contributed by atoms with E-state index in [-0.39, 0.29) is 17.4 Å². The monoisotopic (exact) mass is 499 g/mol. The minimum absolute atomic E-state index is 0.0973. The SMILES string of the molecule is CN1CCOC(Cc2c(-c3c(F)cc(SCc4ccccc4)cc3F)nc3cc(Cl)ccn23)C1. The zero-order valence-corrected chi connectivity index (χ0v) is 20.3. The zero-order valence-electron chi connectivity index (χ0n) is 18.7. The quantitative estimate of drug-likeness (QED) is 0.300. The first-order valence-corrected chi connectivity index (χ1v) is 12.5. The second-order valence-corrected chi connectivity index (χ2v) is 9.96. The highest BCUT2D eigenvalue weighted by Gasteiger charge is 2.26. The maximum absolute atomic E-state index is 15.4. The van der Waals surface area contributed by atoms with Crippen molar-refractivity contribution in [3.8, 4) is 11.3 Å². The number of hydrogen-bond donors (Lipinski definition) is 0. The highest BCUT2D eigenvalue weighted by Crippen LogP contribution is 2.35. The van der Waals surface area contributed by atoms with Crippen LogP contribution in [0.25, 0.3) is 16.9 Å². The van der Waals surface area contributed by atoms with Crippen LogP contribution in [0, 0.1) is 11.6 Å². The number of aromatic nitrogens is 2. The lowest BCUT2D eigenvalue weighted by Crippen LogP contribution is -2.41. The number of halogens is 3. The van der Waals surface area contributed by atoms with E-state index in [1.54, 1.807) is 18.3 Å². The van der Waals surface area contributed by atoms with Gasteiger partial charge in [-0.3, -0.25) is 0 Å². The van der Waals surface area contributed by atoms with Gasteiger partial charge in [-0.05, 0) is 30.8 Å². The maximum atomic E-state index is 15.4. The van der Waals surface area contributed by atoms with E-state index >= 15 is 8.78 Å². The van der Waals surface area contributed by atoms with Crippen molar-refractivity contribution >= 4 is 29.0 Å². The summed E-state index contributed by atoms with van der Waals surface area (Å²) in [6, 6.07) is 16.0. The van der Waals surface area contributed by atoms with Crippen LogP contribution in [0.2, 0.25) is 5.02 Å². The third kappa shape index (κ3) is 4.98. The topological polar surface area (TPSA) is 29.8 Å². The number of benzene rings is 2. The van der Waals surface area contributed by atoms with Crippen molar-refractivity contribution in [1.82, 2.24) is 14.3 Å². The van der Waals surface area contributed by atoms with Crippen molar-refractivity contribution in [1.29, 1.82) is 0 Å². The Labute approximate surface area is 206 Å². The number of fused-ring (bicyclic) bond motifs is 1. The minimum atomic E-state index is -0.631. The lowest BCUT2D eigenvalue weighted by Gasteiger charge is -2.30. The first-order valence-electron chi connectivity index (χ1n) is 11.1. The Morgan fingerprint density at radius 2 is 1.88 bits per heavy atom. The van der Waals surface area contributed by atoms with Gasteiger partial charge in [0, 0.05) is 47.4 Å². The highest BCUT2D eigenvalue weighted by atomic mass is 35.5. The van der Waals surface area contributed by atoms with Gasteiger partial charge in [-0.15, -0.1) is 11.8 Å². The van der Waals surface area contributed by atoms with Gasteiger partial charge in [0.05, 0.1) is 29.7 Å². The molecule has 1 aliphatic rings. The predicted octanol–water partition coefficient (Wildman–Crippen LogP) is 6.10. The number of imidazole rings is 1. The lowest BCUT2D eigenvalue weighted by molar-refractivity contribution is -0.0190. The summed E-state index contributed by atoms with van der Waals surface area (Å²) in [6.07, 6.45) is 2.17. The first kappa shape index (κ1) is 23.3.